The van der Waals surface area contributed by atoms with Crippen molar-refractivity contribution in [3.05, 3.63) is 0 Å². The van der Waals surface area contributed by atoms with Crippen LogP contribution in [-0.2, 0) is 9.59 Å². The molecule has 0 saturated heterocycles. The summed E-state index contributed by atoms with van der Waals surface area (Å²) in [5.41, 5.74) is 6.13. The van der Waals surface area contributed by atoms with Gasteiger partial charge in [-0.25, -0.2) is 0 Å². The summed E-state index contributed by atoms with van der Waals surface area (Å²) in [6, 6.07) is -0.696. The maximum absolute atomic E-state index is 13.0. The Balaban J connectivity index is 3.94. The van der Waals surface area contributed by atoms with Crippen LogP contribution in [0, 0.1) is 0 Å². The summed E-state index contributed by atoms with van der Waals surface area (Å²) >= 11 is 0. The lowest BCUT2D eigenvalue weighted by Crippen LogP contribution is -2.44. The Morgan fingerprint density at radius 3 is 0.935 bits per heavy atom. The number of hydrogen-bond donors (Lipinski definition) is 2. The third kappa shape index (κ3) is 32.8. The lowest BCUT2D eigenvalue weighted by atomic mass is 10.0. The van der Waals surface area contributed by atoms with E-state index in [0.29, 0.717) is 0 Å². The number of amides is 1. The average Bonchev–Trinajstić information content (AvgIpc) is 3.05. The van der Waals surface area contributed by atoms with Crippen LogP contribution in [0.2, 0.25) is 0 Å². The summed E-state index contributed by atoms with van der Waals surface area (Å²) in [4.78, 5) is 26.0. The number of unbranched alkanes of at least 4 members (excludes halogenated alkanes) is 30. The highest BCUT2D eigenvalue weighted by atomic mass is 16.4. The smallest absolute Gasteiger partial charge is 0.303 e. The van der Waals surface area contributed by atoms with Crippen LogP contribution in [0.3, 0.4) is 0 Å². The van der Waals surface area contributed by atoms with Crippen LogP contribution in [0.5, 0.6) is 0 Å². The quantitative estimate of drug-likeness (QED) is 0.0651. The van der Waals surface area contributed by atoms with Gasteiger partial charge in [0.1, 0.15) is 0 Å². The first-order chi connectivity index (χ1) is 22.5. The minimum atomic E-state index is -0.884. The van der Waals surface area contributed by atoms with E-state index >= 15 is 0 Å². The van der Waals surface area contributed by atoms with Gasteiger partial charge in [0.15, 0.2) is 0 Å². The molecule has 0 spiro atoms. The minimum absolute atomic E-state index is 0.0428. The molecule has 1 atom stereocenters. The Kier molecular flexibility index (Phi) is 35.9. The number of carbonyl (C=O) groups is 2. The van der Waals surface area contributed by atoms with Crippen LogP contribution < -0.4 is 5.73 Å². The molecule has 46 heavy (non-hydrogen) atoms. The first kappa shape index (κ1) is 44.9. The monoisotopic (exact) mass is 651 g/mol. The second kappa shape index (κ2) is 36.7. The van der Waals surface area contributed by atoms with E-state index in [-0.39, 0.29) is 18.7 Å². The number of nitrogens with two attached hydrogens (primary N) is 1. The predicted molar refractivity (Wildman–Crippen MR) is 201 cm³/mol. The number of carbonyl (C=O) groups excluding carboxylic acids is 1. The fraction of sp³-hybridized carbons (Fsp3) is 0.951. The molecule has 5 nitrogen and oxygen atoms in total. The summed E-state index contributed by atoms with van der Waals surface area (Å²) in [6.07, 6.45) is 43.1. The summed E-state index contributed by atoms with van der Waals surface area (Å²) in [7, 11) is 0. The van der Waals surface area contributed by atoms with Gasteiger partial charge in [0, 0.05) is 19.5 Å². The first-order valence-corrected chi connectivity index (χ1v) is 20.8. The van der Waals surface area contributed by atoms with Crippen molar-refractivity contribution in [1.29, 1.82) is 0 Å². The molecule has 0 saturated carbocycles. The molecule has 0 rings (SSSR count). The van der Waals surface area contributed by atoms with Crippen LogP contribution in [0.4, 0.5) is 0 Å². The molecule has 0 aromatic heterocycles. The van der Waals surface area contributed by atoms with Gasteiger partial charge < -0.3 is 15.7 Å². The van der Waals surface area contributed by atoms with Crippen LogP contribution in [-0.4, -0.2) is 41.0 Å². The molecule has 0 fully saturated rings. The van der Waals surface area contributed by atoms with Crippen LogP contribution >= 0.6 is 0 Å². The van der Waals surface area contributed by atoms with Gasteiger partial charge in [-0.2, -0.15) is 0 Å². The van der Waals surface area contributed by atoms with Gasteiger partial charge in [-0.3, -0.25) is 9.59 Å². The molecule has 0 aliphatic rings. The van der Waals surface area contributed by atoms with Gasteiger partial charge in [-0.1, -0.05) is 206 Å². The van der Waals surface area contributed by atoms with E-state index in [1.165, 1.54) is 180 Å². The summed E-state index contributed by atoms with van der Waals surface area (Å²) in [5.74, 6) is -0.937. The Hall–Kier alpha value is -1.10. The summed E-state index contributed by atoms with van der Waals surface area (Å²) in [5, 5.41) is 9.02. The van der Waals surface area contributed by atoms with Crippen LogP contribution in [0.15, 0.2) is 0 Å². The van der Waals surface area contributed by atoms with Gasteiger partial charge in [0.05, 0.1) is 6.04 Å². The first-order valence-electron chi connectivity index (χ1n) is 20.8. The summed E-state index contributed by atoms with van der Waals surface area (Å²) in [6.45, 7) is 6.09. The van der Waals surface area contributed by atoms with Crippen LogP contribution in [0.25, 0.3) is 0 Å². The molecule has 1 amide bonds. The fourth-order valence-corrected chi connectivity index (χ4v) is 6.67. The van der Waals surface area contributed by atoms with Crippen molar-refractivity contribution in [3.63, 3.8) is 0 Å². The Bertz CT molecular complexity index is 605. The highest BCUT2D eigenvalue weighted by Crippen LogP contribution is 2.16. The molecule has 0 aliphatic carbocycles. The Labute approximate surface area is 288 Å². The van der Waals surface area contributed by atoms with Crippen molar-refractivity contribution in [3.8, 4) is 0 Å². The molecular weight excluding hydrogens is 568 g/mol. The van der Waals surface area contributed by atoms with Gasteiger partial charge in [-0.15, -0.1) is 0 Å². The second-order valence-corrected chi connectivity index (χ2v) is 14.5. The number of rotatable bonds is 38. The summed E-state index contributed by atoms with van der Waals surface area (Å²) < 4.78 is 0. The molecule has 0 radical (unpaired) electrons. The third-order valence-electron chi connectivity index (χ3n) is 9.86. The van der Waals surface area contributed by atoms with Crippen molar-refractivity contribution in [2.75, 3.05) is 13.1 Å². The number of carboxylic acids is 1. The van der Waals surface area contributed by atoms with E-state index in [2.05, 4.69) is 13.8 Å². The standard InChI is InChI=1S/C41H82N2O3/c1-3-5-7-9-11-13-15-17-19-21-23-25-27-29-31-33-37-43(41(46)39(42)35-36-40(44)45)38-34-32-30-28-26-24-22-20-18-16-14-12-10-8-6-4-2/h39H,3-38,42H2,1-2H3,(H,44,45)/t39-/m0/s1. The highest BCUT2D eigenvalue weighted by molar-refractivity contribution is 5.82. The van der Waals surface area contributed by atoms with Crippen molar-refractivity contribution >= 4 is 11.9 Å². The molecule has 0 unspecified atom stereocenters. The number of carboxylic acid groups (broad SMARTS) is 1. The van der Waals surface area contributed by atoms with E-state index in [1.807, 2.05) is 4.90 Å². The number of aliphatic carboxylic acids is 1. The zero-order chi connectivity index (χ0) is 33.8. The molecule has 0 aromatic carbocycles. The molecular formula is C41H82N2O3. The van der Waals surface area contributed by atoms with E-state index in [0.717, 1.165) is 38.8 Å². The molecule has 3 N–H and O–H groups in total. The second-order valence-electron chi connectivity index (χ2n) is 14.5. The van der Waals surface area contributed by atoms with Gasteiger partial charge in [0.2, 0.25) is 5.91 Å². The van der Waals surface area contributed by atoms with E-state index in [9.17, 15) is 9.59 Å². The largest absolute Gasteiger partial charge is 0.481 e. The maximum atomic E-state index is 13.0. The van der Waals surface area contributed by atoms with Gasteiger partial charge in [-0.05, 0) is 19.3 Å². The molecule has 0 aliphatic heterocycles. The van der Waals surface area contributed by atoms with Gasteiger partial charge in [0.25, 0.3) is 0 Å². The van der Waals surface area contributed by atoms with Crippen molar-refractivity contribution in [1.82, 2.24) is 4.90 Å². The molecule has 5 heteroatoms. The van der Waals surface area contributed by atoms with Crippen molar-refractivity contribution < 1.29 is 14.7 Å². The minimum Gasteiger partial charge on any atom is -0.481 e. The predicted octanol–water partition coefficient (Wildman–Crippen LogP) is 12.5. The van der Waals surface area contributed by atoms with E-state index < -0.39 is 12.0 Å². The maximum Gasteiger partial charge on any atom is 0.303 e. The molecule has 0 heterocycles. The number of nitrogens with zero attached hydrogens (tertiary/aromatic N) is 1. The molecule has 0 aromatic rings. The van der Waals surface area contributed by atoms with Crippen molar-refractivity contribution in [2.24, 2.45) is 5.73 Å². The highest BCUT2D eigenvalue weighted by Gasteiger charge is 2.21. The topological polar surface area (TPSA) is 83.6 Å². The van der Waals surface area contributed by atoms with Gasteiger partial charge >= 0.3 is 5.97 Å². The average molecular weight is 651 g/mol. The zero-order valence-electron chi connectivity index (χ0n) is 31.3. The Morgan fingerprint density at radius 1 is 0.457 bits per heavy atom. The van der Waals surface area contributed by atoms with Crippen molar-refractivity contribution in [2.45, 2.75) is 238 Å². The molecule has 0 bridgehead atoms. The lowest BCUT2D eigenvalue weighted by Gasteiger charge is -2.26. The zero-order valence-corrected chi connectivity index (χ0v) is 31.3. The van der Waals surface area contributed by atoms with Crippen LogP contribution in [0.1, 0.15) is 232 Å². The van der Waals surface area contributed by atoms with E-state index in [4.69, 9.17) is 10.8 Å². The normalized spacial score (nSPS) is 12.1. The fourth-order valence-electron chi connectivity index (χ4n) is 6.67. The SMILES string of the molecule is CCCCCCCCCCCCCCCCCCN(CCCCCCCCCCCCCCCCCC)C(=O)[C@@H](N)CCC(=O)O. The molecule has 274 valence electrons. The van der Waals surface area contributed by atoms with E-state index in [1.54, 1.807) is 0 Å². The number of hydrogen-bond acceptors (Lipinski definition) is 3. The Morgan fingerprint density at radius 2 is 0.696 bits per heavy atom. The lowest BCUT2D eigenvalue weighted by molar-refractivity contribution is -0.137. The third-order valence-corrected chi connectivity index (χ3v) is 9.86.